The Hall–Kier alpha value is -4.70. The number of nitrogens with one attached hydrogen (secondary N) is 2. The smallest absolute Gasteiger partial charge is 0.281 e. The Labute approximate surface area is 226 Å². The topological polar surface area (TPSA) is 140 Å². The largest absolute Gasteiger partial charge is 0.438 e. The number of aryl methyl sites for hydroxylation is 4. The predicted molar refractivity (Wildman–Crippen MR) is 150 cm³/mol. The van der Waals surface area contributed by atoms with Gasteiger partial charge in [-0.2, -0.15) is 8.42 Å². The molecule has 0 atom stereocenters. The Balaban J connectivity index is 1.61. The third-order valence-electron chi connectivity index (χ3n) is 6.23. The van der Waals surface area contributed by atoms with Gasteiger partial charge in [0.2, 0.25) is 5.88 Å². The van der Waals surface area contributed by atoms with Crippen LogP contribution in [-0.2, 0) is 10.0 Å². The average molecular weight is 542 g/mol. The van der Waals surface area contributed by atoms with Crippen molar-refractivity contribution in [1.29, 1.82) is 0 Å². The summed E-state index contributed by atoms with van der Waals surface area (Å²) in [7, 11) is -4.31. The molecule has 10 heteroatoms. The van der Waals surface area contributed by atoms with Gasteiger partial charge in [0.15, 0.2) is 5.03 Å². The molecule has 198 valence electrons. The molecule has 5 rings (SSSR count). The van der Waals surface area contributed by atoms with E-state index >= 15 is 0 Å². The van der Waals surface area contributed by atoms with Crippen LogP contribution in [0, 0.1) is 27.7 Å². The fourth-order valence-corrected chi connectivity index (χ4v) is 5.54. The van der Waals surface area contributed by atoms with Gasteiger partial charge in [0.1, 0.15) is 17.1 Å². The first kappa shape index (κ1) is 25.9. The van der Waals surface area contributed by atoms with Gasteiger partial charge in [-0.25, -0.2) is 14.7 Å². The molecule has 1 amide bonds. The van der Waals surface area contributed by atoms with Gasteiger partial charge in [-0.3, -0.25) is 4.79 Å². The Bertz CT molecular complexity index is 1840. The molecule has 3 aromatic heterocycles. The Morgan fingerprint density at radius 3 is 2.36 bits per heavy atom. The summed E-state index contributed by atoms with van der Waals surface area (Å²) in [4.78, 5) is 25.2. The molecule has 0 saturated carbocycles. The summed E-state index contributed by atoms with van der Waals surface area (Å²) in [5.41, 5.74) is 11.7. The minimum Gasteiger partial charge on any atom is -0.438 e. The number of benzene rings is 2. The quantitative estimate of drug-likeness (QED) is 0.263. The van der Waals surface area contributed by atoms with Crippen LogP contribution in [0.3, 0.4) is 0 Å². The molecule has 39 heavy (non-hydrogen) atoms. The average Bonchev–Trinajstić information content (AvgIpc) is 3.26. The molecule has 0 saturated heterocycles. The van der Waals surface area contributed by atoms with Crippen molar-refractivity contribution in [2.75, 3.05) is 5.73 Å². The number of amides is 1. The second-order valence-corrected chi connectivity index (χ2v) is 11.1. The number of ether oxygens (including phenoxy) is 1. The Kier molecular flexibility index (Phi) is 6.57. The van der Waals surface area contributed by atoms with Crippen molar-refractivity contribution in [2.45, 2.75) is 32.7 Å². The van der Waals surface area contributed by atoms with E-state index in [0.717, 1.165) is 38.9 Å². The lowest BCUT2D eigenvalue weighted by Gasteiger charge is -2.16. The number of pyridine rings is 2. The molecule has 5 aromatic rings. The molecule has 4 N–H and O–H groups in total. The number of sulfonamides is 1. The normalized spacial score (nSPS) is 11.5. The van der Waals surface area contributed by atoms with Crippen LogP contribution in [0.15, 0.2) is 71.8 Å². The Morgan fingerprint density at radius 1 is 0.923 bits per heavy atom. The fourth-order valence-electron chi connectivity index (χ4n) is 4.59. The minimum absolute atomic E-state index is 0.0138. The van der Waals surface area contributed by atoms with Gasteiger partial charge in [0.25, 0.3) is 15.9 Å². The maximum absolute atomic E-state index is 13.3. The van der Waals surface area contributed by atoms with Crippen LogP contribution in [0.5, 0.6) is 11.6 Å². The van der Waals surface area contributed by atoms with Gasteiger partial charge >= 0.3 is 0 Å². The lowest BCUT2D eigenvalue weighted by atomic mass is 10.1. The van der Waals surface area contributed by atoms with E-state index < -0.39 is 15.9 Å². The van der Waals surface area contributed by atoms with E-state index in [9.17, 15) is 13.2 Å². The van der Waals surface area contributed by atoms with Crippen molar-refractivity contribution in [3.8, 4) is 22.9 Å². The van der Waals surface area contributed by atoms with Gasteiger partial charge in [0.05, 0.1) is 5.69 Å². The molecular weight excluding hydrogens is 514 g/mol. The standard InChI is InChI=1S/C29H27N5O4S/c1-16-13-17(2)27(18(3)14-16)38-29-21(28(35)34-39(36,37)26-10-6-9-25(30)33-26)11-12-24(32-29)20-7-5-8-23-22(20)15-19(4)31-23/h5-15,31H,1-4H3,(H2,30,33)(H,34,35). The van der Waals surface area contributed by atoms with Crippen LogP contribution in [0.2, 0.25) is 0 Å². The molecule has 2 aromatic carbocycles. The number of hydrogen-bond acceptors (Lipinski definition) is 7. The molecule has 0 aliphatic heterocycles. The molecule has 0 aliphatic rings. The van der Waals surface area contributed by atoms with Gasteiger partial charge in [-0.1, -0.05) is 35.9 Å². The maximum atomic E-state index is 13.3. The fraction of sp³-hybridized carbons (Fsp3) is 0.138. The number of aromatic nitrogens is 3. The molecule has 0 aliphatic carbocycles. The van der Waals surface area contributed by atoms with E-state index in [4.69, 9.17) is 15.5 Å². The zero-order chi connectivity index (χ0) is 27.9. The number of nitrogen functional groups attached to an aromatic ring is 1. The third kappa shape index (κ3) is 5.19. The van der Waals surface area contributed by atoms with Crippen molar-refractivity contribution in [1.82, 2.24) is 19.7 Å². The van der Waals surface area contributed by atoms with Gasteiger partial charge < -0.3 is 15.5 Å². The van der Waals surface area contributed by atoms with Crippen LogP contribution >= 0.6 is 0 Å². The van der Waals surface area contributed by atoms with Gasteiger partial charge in [-0.05, 0) is 75.2 Å². The second kappa shape index (κ2) is 9.88. The van der Waals surface area contributed by atoms with Crippen LogP contribution in [0.4, 0.5) is 5.82 Å². The van der Waals surface area contributed by atoms with Crippen LogP contribution in [0.25, 0.3) is 22.2 Å². The van der Waals surface area contributed by atoms with E-state index in [1.807, 2.05) is 64.1 Å². The summed E-state index contributed by atoms with van der Waals surface area (Å²) >= 11 is 0. The Morgan fingerprint density at radius 2 is 1.64 bits per heavy atom. The summed E-state index contributed by atoms with van der Waals surface area (Å²) in [5, 5.41) is 0.589. The lowest BCUT2D eigenvalue weighted by molar-refractivity contribution is 0.0978. The monoisotopic (exact) mass is 541 g/mol. The molecule has 0 radical (unpaired) electrons. The second-order valence-electron chi connectivity index (χ2n) is 9.43. The van der Waals surface area contributed by atoms with E-state index in [2.05, 4.69) is 14.7 Å². The first-order chi connectivity index (χ1) is 18.5. The highest BCUT2D eigenvalue weighted by Gasteiger charge is 2.25. The number of carbonyl (C=O) groups is 1. The van der Waals surface area contributed by atoms with Crippen LogP contribution in [-0.4, -0.2) is 29.3 Å². The number of fused-ring (bicyclic) bond motifs is 1. The summed E-state index contributed by atoms with van der Waals surface area (Å²) in [6.45, 7) is 7.75. The van der Waals surface area contributed by atoms with Crippen molar-refractivity contribution < 1.29 is 17.9 Å². The number of nitrogens with zero attached hydrogens (tertiary/aromatic N) is 2. The van der Waals surface area contributed by atoms with Gasteiger partial charge in [-0.15, -0.1) is 0 Å². The van der Waals surface area contributed by atoms with Crippen molar-refractivity contribution in [2.24, 2.45) is 0 Å². The highest BCUT2D eigenvalue weighted by molar-refractivity contribution is 7.90. The highest BCUT2D eigenvalue weighted by atomic mass is 32.2. The first-order valence-corrected chi connectivity index (χ1v) is 13.7. The number of rotatable bonds is 6. The molecule has 0 fully saturated rings. The third-order valence-corrected chi connectivity index (χ3v) is 7.46. The van der Waals surface area contributed by atoms with E-state index in [1.54, 1.807) is 6.07 Å². The summed E-state index contributed by atoms with van der Waals surface area (Å²) in [6, 6.07) is 19.1. The highest BCUT2D eigenvalue weighted by Crippen LogP contribution is 2.34. The number of H-pyrrole nitrogens is 1. The van der Waals surface area contributed by atoms with E-state index in [1.165, 1.54) is 24.3 Å². The molecular formula is C29H27N5O4S. The summed E-state index contributed by atoms with van der Waals surface area (Å²) in [6.07, 6.45) is 0. The molecule has 0 bridgehead atoms. The van der Waals surface area contributed by atoms with Crippen LogP contribution < -0.4 is 15.2 Å². The number of hydrogen-bond donors (Lipinski definition) is 3. The first-order valence-electron chi connectivity index (χ1n) is 12.2. The minimum atomic E-state index is -4.31. The van der Waals surface area contributed by atoms with Crippen molar-refractivity contribution >= 4 is 32.7 Å². The van der Waals surface area contributed by atoms with Crippen molar-refractivity contribution in [3.63, 3.8) is 0 Å². The van der Waals surface area contributed by atoms with Gasteiger partial charge in [0, 0.05) is 22.2 Å². The maximum Gasteiger partial charge on any atom is 0.281 e. The molecule has 0 spiro atoms. The molecule has 9 nitrogen and oxygen atoms in total. The zero-order valence-corrected chi connectivity index (χ0v) is 22.7. The number of carbonyl (C=O) groups excluding carboxylic acids is 1. The van der Waals surface area contributed by atoms with Crippen molar-refractivity contribution in [3.05, 3.63) is 94.7 Å². The van der Waals surface area contributed by atoms with E-state index in [-0.39, 0.29) is 22.3 Å². The zero-order valence-electron chi connectivity index (χ0n) is 21.9. The van der Waals surface area contributed by atoms with E-state index in [0.29, 0.717) is 11.4 Å². The summed E-state index contributed by atoms with van der Waals surface area (Å²) in [5.74, 6) is -0.387. The predicted octanol–water partition coefficient (Wildman–Crippen LogP) is 5.35. The molecule has 0 unspecified atom stereocenters. The summed E-state index contributed by atoms with van der Waals surface area (Å²) < 4.78 is 34.1. The van der Waals surface area contributed by atoms with Crippen LogP contribution in [0.1, 0.15) is 32.7 Å². The number of aromatic amines is 1. The SMILES string of the molecule is Cc1cc(C)c(Oc2nc(-c3cccc4[nH]c(C)cc34)ccc2C(=O)NS(=O)(=O)c2cccc(N)n2)c(C)c1. The number of anilines is 1. The molecule has 3 heterocycles. The number of nitrogens with two attached hydrogens (primary N) is 1. The lowest BCUT2D eigenvalue weighted by Crippen LogP contribution is -2.31.